The quantitative estimate of drug-likeness (QED) is 0.140. The number of hydrogen-bond acceptors (Lipinski definition) is 5. The molecule has 34 heavy (non-hydrogen) atoms. The summed E-state index contributed by atoms with van der Waals surface area (Å²) in [6.07, 6.45) is 15.6. The highest BCUT2D eigenvalue weighted by atomic mass is 16.5. The van der Waals surface area contributed by atoms with Gasteiger partial charge in [0, 0.05) is 6.07 Å². The average molecular weight is 473 g/mol. The fourth-order valence-corrected chi connectivity index (χ4v) is 3.74. The van der Waals surface area contributed by atoms with Crippen molar-refractivity contribution >= 4 is 11.0 Å². The zero-order chi connectivity index (χ0) is 24.8. The van der Waals surface area contributed by atoms with E-state index in [0.29, 0.717) is 30.3 Å². The first-order chi connectivity index (χ1) is 16.4. The number of allylic oxidation sites excluding steroid dienone is 1. The third kappa shape index (κ3) is 9.82. The lowest BCUT2D eigenvalue weighted by Crippen LogP contribution is -2.22. The van der Waals surface area contributed by atoms with Crippen molar-refractivity contribution in [2.24, 2.45) is 0 Å². The minimum atomic E-state index is -0.522. The van der Waals surface area contributed by atoms with Gasteiger partial charge in [0.05, 0.1) is 18.6 Å². The topological polar surface area (TPSA) is 57.9 Å². The van der Waals surface area contributed by atoms with Crippen LogP contribution in [0.3, 0.4) is 0 Å². The van der Waals surface area contributed by atoms with Crippen molar-refractivity contribution in [3.63, 3.8) is 0 Å². The van der Waals surface area contributed by atoms with Gasteiger partial charge in [0.15, 0.2) is 5.75 Å². The summed E-state index contributed by atoms with van der Waals surface area (Å²) in [5, 5.41) is 0.722. The number of rotatable bonds is 16. The maximum absolute atomic E-state index is 12.8. The van der Waals surface area contributed by atoms with Gasteiger partial charge in [-0.25, -0.2) is 4.79 Å². The predicted octanol–water partition coefficient (Wildman–Crippen LogP) is 8.22. The van der Waals surface area contributed by atoms with Crippen LogP contribution < -0.4 is 19.8 Å². The summed E-state index contributed by atoms with van der Waals surface area (Å²) in [5.74, 6) is 1.27. The first-order valence-electron chi connectivity index (χ1n) is 13.1. The Morgan fingerprint density at radius 2 is 1.53 bits per heavy atom. The first kappa shape index (κ1) is 27.8. The molecule has 0 atom stereocenters. The Kier molecular flexibility index (Phi) is 12.1. The van der Waals surface area contributed by atoms with E-state index in [4.69, 9.17) is 18.6 Å². The molecule has 0 radical (unpaired) electrons. The molecule has 0 spiro atoms. The Morgan fingerprint density at radius 3 is 2.21 bits per heavy atom. The molecule has 0 N–H and O–H groups in total. The van der Waals surface area contributed by atoms with E-state index in [1.54, 1.807) is 6.07 Å². The van der Waals surface area contributed by atoms with Crippen LogP contribution in [-0.4, -0.2) is 18.8 Å². The second-order valence-electron chi connectivity index (χ2n) is 9.76. The minimum Gasteiger partial charge on any atom is -0.489 e. The number of hydrogen-bond donors (Lipinski definition) is 0. The molecule has 0 aliphatic rings. The van der Waals surface area contributed by atoms with Gasteiger partial charge in [-0.2, -0.15) is 0 Å². The summed E-state index contributed by atoms with van der Waals surface area (Å²) in [4.78, 5) is 12.8. The Bertz CT molecular complexity index is 936. The molecule has 2 rings (SSSR count). The Hall–Kier alpha value is -2.43. The van der Waals surface area contributed by atoms with Gasteiger partial charge in [0.2, 0.25) is 5.75 Å². The van der Waals surface area contributed by atoms with Crippen molar-refractivity contribution in [2.45, 2.75) is 104 Å². The molecule has 0 bridgehead atoms. The molecule has 0 aliphatic carbocycles. The SMILES string of the molecule is CCC=CCCOc1c(OCCCCCCCCCC)c2ccc(OC(C)(C)C)cc2oc1=O. The van der Waals surface area contributed by atoms with Crippen LogP contribution in [0.25, 0.3) is 11.0 Å². The number of ether oxygens (including phenoxy) is 3. The highest BCUT2D eigenvalue weighted by Gasteiger charge is 2.19. The summed E-state index contributed by atoms with van der Waals surface area (Å²) in [5.41, 5.74) is -0.430. The fourth-order valence-electron chi connectivity index (χ4n) is 3.74. The van der Waals surface area contributed by atoms with Crippen LogP contribution in [0, 0.1) is 0 Å². The Balaban J connectivity index is 2.13. The molecule has 0 saturated carbocycles. The molecule has 0 saturated heterocycles. The Labute approximate surface area is 205 Å². The van der Waals surface area contributed by atoms with Gasteiger partial charge in [-0.3, -0.25) is 0 Å². The van der Waals surface area contributed by atoms with E-state index in [-0.39, 0.29) is 11.4 Å². The van der Waals surface area contributed by atoms with Gasteiger partial charge in [-0.05, 0) is 52.2 Å². The first-order valence-corrected chi connectivity index (χ1v) is 13.1. The van der Waals surface area contributed by atoms with Crippen LogP contribution in [0.4, 0.5) is 0 Å². The number of unbranched alkanes of at least 4 members (excludes halogenated alkanes) is 7. The predicted molar refractivity (Wildman–Crippen MR) is 141 cm³/mol. The zero-order valence-electron chi connectivity index (χ0n) is 21.9. The van der Waals surface area contributed by atoms with E-state index in [1.165, 1.54) is 38.5 Å². The van der Waals surface area contributed by atoms with Crippen LogP contribution in [0.1, 0.15) is 98.8 Å². The summed E-state index contributed by atoms with van der Waals surface area (Å²) in [6, 6.07) is 5.51. The second-order valence-corrected chi connectivity index (χ2v) is 9.76. The molecule has 1 heterocycles. The summed E-state index contributed by atoms with van der Waals surface area (Å²) < 4.78 is 23.5. The van der Waals surface area contributed by atoms with E-state index >= 15 is 0 Å². The van der Waals surface area contributed by atoms with Crippen LogP contribution in [0.15, 0.2) is 39.6 Å². The smallest absolute Gasteiger partial charge is 0.383 e. The molecule has 5 heteroatoms. The van der Waals surface area contributed by atoms with Crippen molar-refractivity contribution in [3.05, 3.63) is 40.8 Å². The van der Waals surface area contributed by atoms with Gasteiger partial charge >= 0.3 is 5.63 Å². The van der Waals surface area contributed by atoms with E-state index in [1.807, 2.05) is 32.9 Å². The molecule has 0 aliphatic heterocycles. The molecular weight excluding hydrogens is 428 g/mol. The second kappa shape index (κ2) is 14.7. The molecule has 5 nitrogen and oxygen atoms in total. The van der Waals surface area contributed by atoms with Crippen LogP contribution in [0.2, 0.25) is 0 Å². The van der Waals surface area contributed by atoms with Crippen molar-refractivity contribution in [2.75, 3.05) is 13.2 Å². The zero-order valence-corrected chi connectivity index (χ0v) is 21.9. The lowest BCUT2D eigenvalue weighted by molar-refractivity contribution is 0.131. The van der Waals surface area contributed by atoms with Crippen molar-refractivity contribution in [1.29, 1.82) is 0 Å². The summed E-state index contributed by atoms with van der Waals surface area (Å²) in [7, 11) is 0. The normalized spacial score (nSPS) is 11.9. The highest BCUT2D eigenvalue weighted by Crippen LogP contribution is 2.35. The van der Waals surface area contributed by atoms with Gasteiger partial charge in [-0.15, -0.1) is 0 Å². The van der Waals surface area contributed by atoms with Gasteiger partial charge in [0.25, 0.3) is 0 Å². The molecule has 1 aromatic heterocycles. The van der Waals surface area contributed by atoms with Crippen LogP contribution in [0.5, 0.6) is 17.2 Å². The Morgan fingerprint density at radius 1 is 0.853 bits per heavy atom. The van der Waals surface area contributed by atoms with Crippen LogP contribution in [-0.2, 0) is 0 Å². The summed E-state index contributed by atoms with van der Waals surface area (Å²) in [6.45, 7) is 11.2. The van der Waals surface area contributed by atoms with Crippen molar-refractivity contribution in [1.82, 2.24) is 0 Å². The van der Waals surface area contributed by atoms with Gasteiger partial charge < -0.3 is 18.6 Å². The van der Waals surface area contributed by atoms with E-state index < -0.39 is 5.63 Å². The summed E-state index contributed by atoms with van der Waals surface area (Å²) >= 11 is 0. The molecule has 1 aromatic carbocycles. The van der Waals surface area contributed by atoms with Gasteiger partial charge in [-0.1, -0.05) is 70.9 Å². The van der Waals surface area contributed by atoms with E-state index in [0.717, 1.165) is 31.1 Å². The molecule has 0 fully saturated rings. The maximum Gasteiger partial charge on any atom is 0.383 e. The lowest BCUT2D eigenvalue weighted by Gasteiger charge is -2.21. The fraction of sp³-hybridized carbons (Fsp3) is 0.621. The lowest BCUT2D eigenvalue weighted by atomic mass is 10.1. The molecule has 0 unspecified atom stereocenters. The number of benzene rings is 1. The molecule has 190 valence electrons. The van der Waals surface area contributed by atoms with Crippen LogP contribution >= 0.6 is 0 Å². The van der Waals surface area contributed by atoms with Crippen molar-refractivity contribution < 1.29 is 18.6 Å². The minimum absolute atomic E-state index is 0.154. The monoisotopic (exact) mass is 472 g/mol. The van der Waals surface area contributed by atoms with Crippen molar-refractivity contribution in [3.8, 4) is 17.2 Å². The standard InChI is InChI=1S/C29H44O5/c1-6-8-10-12-13-14-15-17-20-31-26-24-19-18-23(34-29(3,4)5)22-25(24)33-28(30)27(26)32-21-16-11-9-7-2/h9,11,18-19,22H,6-8,10,12-17,20-21H2,1-5H3. The molecule has 2 aromatic rings. The van der Waals surface area contributed by atoms with Gasteiger partial charge in [0.1, 0.15) is 16.9 Å². The number of fused-ring (bicyclic) bond motifs is 1. The van der Waals surface area contributed by atoms with E-state index in [9.17, 15) is 4.79 Å². The third-order valence-electron chi connectivity index (χ3n) is 5.39. The maximum atomic E-state index is 12.8. The molecular formula is C29H44O5. The molecule has 0 amide bonds. The largest absolute Gasteiger partial charge is 0.489 e. The highest BCUT2D eigenvalue weighted by molar-refractivity contribution is 5.86. The third-order valence-corrected chi connectivity index (χ3v) is 5.39. The van der Waals surface area contributed by atoms with E-state index in [2.05, 4.69) is 26.0 Å². The average Bonchev–Trinajstić information content (AvgIpc) is 2.77.